The van der Waals surface area contributed by atoms with Crippen LogP contribution in [0, 0.1) is 0 Å². The number of aliphatic hydroxyl groups is 1. The minimum absolute atomic E-state index is 0.801. The number of carbonyl (C=O) groups is 1. The largest absolute Gasteiger partial charge is 0.479 e. The molecule has 0 bridgehead atoms. The van der Waals surface area contributed by atoms with Gasteiger partial charge in [0.1, 0.15) is 0 Å². The number of carboxylic acid groups (broad SMARTS) is 1. The van der Waals surface area contributed by atoms with Gasteiger partial charge in [-0.1, -0.05) is 0 Å². The fraction of sp³-hybridized carbons (Fsp3) is 0.750. The lowest BCUT2D eigenvalue weighted by Crippen LogP contribution is -2.33. The molecule has 0 amide bonds. The van der Waals surface area contributed by atoms with Crippen molar-refractivity contribution in [2.24, 2.45) is 0 Å². The van der Waals surface area contributed by atoms with Crippen LogP contribution in [0.5, 0.6) is 0 Å². The average Bonchev–Trinajstić information content (AvgIpc) is 1.67. The summed E-state index contributed by atoms with van der Waals surface area (Å²) in [5, 5.41) is 15.9. The van der Waals surface area contributed by atoms with E-state index in [0.29, 0.717) is 0 Å². The molecule has 0 saturated heterocycles. The fourth-order valence-electron chi connectivity index (χ4n) is 0.0676. The van der Waals surface area contributed by atoms with Gasteiger partial charge in [-0.15, -0.1) is 0 Å². The summed E-state index contributed by atoms with van der Waals surface area (Å²) in [6.07, 6.45) is 0. The minimum atomic E-state index is -2.49. The molecule has 0 aromatic heterocycles. The molecule has 1 atom stereocenters. The molecule has 4 heteroatoms. The highest BCUT2D eigenvalue weighted by Gasteiger charge is 2.31. The van der Waals surface area contributed by atoms with Crippen LogP contribution in [-0.4, -0.2) is 28.5 Å². The van der Waals surface area contributed by atoms with Crippen molar-refractivity contribution in [1.82, 2.24) is 0 Å². The monoisotopic (exact) mass is 122 g/mol. The number of alkyl halides is 1. The quantitative estimate of drug-likeness (QED) is 0.532. The van der Waals surface area contributed by atoms with E-state index < -0.39 is 18.2 Å². The van der Waals surface area contributed by atoms with Crippen LogP contribution in [0.1, 0.15) is 6.92 Å². The second kappa shape index (κ2) is 2.09. The maximum atomic E-state index is 12.1. The molecule has 0 heterocycles. The number of hydrogen-bond donors (Lipinski definition) is 2. The molecule has 0 aliphatic heterocycles. The lowest BCUT2D eigenvalue weighted by molar-refractivity contribution is -0.152. The molecule has 0 aliphatic carbocycles. The topological polar surface area (TPSA) is 57.5 Å². The molecular weight excluding hydrogens is 115 g/mol. The molecule has 0 aliphatic rings. The van der Waals surface area contributed by atoms with Crippen LogP contribution < -0.4 is 0 Å². The van der Waals surface area contributed by atoms with Gasteiger partial charge in [0.05, 0.1) is 6.61 Å². The van der Waals surface area contributed by atoms with Crippen LogP contribution in [-0.2, 0) is 4.79 Å². The molecule has 3 nitrogen and oxygen atoms in total. The van der Waals surface area contributed by atoms with Gasteiger partial charge in [-0.3, -0.25) is 0 Å². The van der Waals surface area contributed by atoms with E-state index in [4.69, 9.17) is 10.2 Å². The highest BCUT2D eigenvalue weighted by molar-refractivity contribution is 5.76. The van der Waals surface area contributed by atoms with Gasteiger partial charge in [0, 0.05) is 0 Å². The van der Waals surface area contributed by atoms with E-state index in [-0.39, 0.29) is 0 Å². The Morgan fingerprint density at radius 1 is 1.88 bits per heavy atom. The molecule has 0 aromatic carbocycles. The molecular formula is C4H7FO3. The first-order chi connectivity index (χ1) is 3.50. The summed E-state index contributed by atoms with van der Waals surface area (Å²) in [6.45, 7) is -0.183. The molecule has 1 unspecified atom stereocenters. The van der Waals surface area contributed by atoms with Crippen molar-refractivity contribution in [2.45, 2.75) is 12.6 Å². The Bertz CT molecular complexity index is 99.5. The maximum Gasteiger partial charge on any atom is 0.343 e. The third-order valence-electron chi connectivity index (χ3n) is 0.743. The second-order valence-electron chi connectivity index (χ2n) is 1.66. The van der Waals surface area contributed by atoms with E-state index in [1.165, 1.54) is 0 Å². The van der Waals surface area contributed by atoms with E-state index in [1.807, 2.05) is 0 Å². The molecule has 0 aromatic rings. The number of aliphatic carboxylic acids is 1. The minimum Gasteiger partial charge on any atom is -0.479 e. The van der Waals surface area contributed by atoms with Crippen LogP contribution >= 0.6 is 0 Å². The van der Waals surface area contributed by atoms with Crippen molar-refractivity contribution in [3.8, 4) is 0 Å². The molecule has 2 N–H and O–H groups in total. The molecule has 8 heavy (non-hydrogen) atoms. The zero-order chi connectivity index (χ0) is 6.78. The summed E-state index contributed by atoms with van der Waals surface area (Å²) in [5.41, 5.74) is -2.49. The van der Waals surface area contributed by atoms with E-state index in [2.05, 4.69) is 0 Å². The van der Waals surface area contributed by atoms with Crippen LogP contribution in [0.4, 0.5) is 4.39 Å². The second-order valence-corrected chi connectivity index (χ2v) is 1.66. The van der Waals surface area contributed by atoms with E-state index in [0.717, 1.165) is 6.92 Å². The van der Waals surface area contributed by atoms with Gasteiger partial charge < -0.3 is 10.2 Å². The predicted octanol–water partition coefficient (Wildman–Crippen LogP) is -0.208. The first kappa shape index (κ1) is 7.36. The molecule has 48 valence electrons. The summed E-state index contributed by atoms with van der Waals surface area (Å²) < 4.78 is 12.1. The summed E-state index contributed by atoms with van der Waals surface area (Å²) >= 11 is 0. The number of rotatable bonds is 2. The zero-order valence-corrected chi connectivity index (χ0v) is 4.39. The van der Waals surface area contributed by atoms with Crippen LogP contribution in [0.25, 0.3) is 0 Å². The van der Waals surface area contributed by atoms with Gasteiger partial charge >= 0.3 is 5.97 Å². The summed E-state index contributed by atoms with van der Waals surface area (Å²) in [4.78, 5) is 9.72. The maximum absolute atomic E-state index is 12.1. The Labute approximate surface area is 45.7 Å². The zero-order valence-electron chi connectivity index (χ0n) is 4.39. The first-order valence-electron chi connectivity index (χ1n) is 2.04. The number of halogens is 1. The van der Waals surface area contributed by atoms with Gasteiger partial charge in [0.25, 0.3) is 0 Å². The fourth-order valence-corrected chi connectivity index (χ4v) is 0.0676. The van der Waals surface area contributed by atoms with Crippen molar-refractivity contribution >= 4 is 5.97 Å². The molecule has 0 fully saturated rings. The highest BCUT2D eigenvalue weighted by Crippen LogP contribution is 2.06. The van der Waals surface area contributed by atoms with Gasteiger partial charge in [-0.05, 0) is 6.92 Å². The Balaban J connectivity index is 3.91. The van der Waals surface area contributed by atoms with Crippen molar-refractivity contribution in [2.75, 3.05) is 6.61 Å². The number of aliphatic hydroxyl groups excluding tert-OH is 1. The smallest absolute Gasteiger partial charge is 0.343 e. The predicted molar refractivity (Wildman–Crippen MR) is 24.2 cm³/mol. The van der Waals surface area contributed by atoms with E-state index in [9.17, 15) is 9.18 Å². The Hall–Kier alpha value is -0.640. The first-order valence-corrected chi connectivity index (χ1v) is 2.04. The summed E-state index contributed by atoms with van der Waals surface area (Å²) in [7, 11) is 0. The standard InChI is InChI=1S/C4H7FO3/c1-4(5,2-6)3(7)8/h6H,2H2,1H3,(H,7,8). The van der Waals surface area contributed by atoms with Gasteiger partial charge in [0.2, 0.25) is 5.67 Å². The number of carboxylic acids is 1. The number of hydrogen-bond acceptors (Lipinski definition) is 2. The van der Waals surface area contributed by atoms with Gasteiger partial charge in [-0.25, -0.2) is 9.18 Å². The van der Waals surface area contributed by atoms with Gasteiger partial charge in [-0.2, -0.15) is 0 Å². The van der Waals surface area contributed by atoms with E-state index >= 15 is 0 Å². The lowest BCUT2D eigenvalue weighted by atomic mass is 10.1. The van der Waals surface area contributed by atoms with Crippen molar-refractivity contribution in [3.05, 3.63) is 0 Å². The Morgan fingerprint density at radius 3 is 2.25 bits per heavy atom. The van der Waals surface area contributed by atoms with E-state index in [1.54, 1.807) is 0 Å². The summed E-state index contributed by atoms with van der Waals surface area (Å²) in [5.74, 6) is -1.64. The molecule has 0 saturated carbocycles. The van der Waals surface area contributed by atoms with Crippen LogP contribution in [0.15, 0.2) is 0 Å². The van der Waals surface area contributed by atoms with Crippen molar-refractivity contribution in [1.29, 1.82) is 0 Å². The summed E-state index contributed by atoms with van der Waals surface area (Å²) in [6, 6.07) is 0. The Kier molecular flexibility index (Phi) is 1.92. The molecule has 0 rings (SSSR count). The average molecular weight is 122 g/mol. The third-order valence-corrected chi connectivity index (χ3v) is 0.743. The molecule has 0 spiro atoms. The van der Waals surface area contributed by atoms with Crippen LogP contribution in [0.2, 0.25) is 0 Å². The SMILES string of the molecule is CC(F)(CO)C(=O)O. The molecule has 0 radical (unpaired) electrons. The van der Waals surface area contributed by atoms with Gasteiger partial charge in [0.15, 0.2) is 0 Å². The lowest BCUT2D eigenvalue weighted by Gasteiger charge is -2.08. The highest BCUT2D eigenvalue weighted by atomic mass is 19.1. The Morgan fingerprint density at radius 2 is 2.25 bits per heavy atom. The normalized spacial score (nSPS) is 17.4. The third kappa shape index (κ3) is 1.46. The van der Waals surface area contributed by atoms with Crippen molar-refractivity contribution in [3.63, 3.8) is 0 Å². The van der Waals surface area contributed by atoms with Crippen LogP contribution in [0.3, 0.4) is 0 Å². The van der Waals surface area contributed by atoms with Crippen molar-refractivity contribution < 1.29 is 19.4 Å².